The molecular formula is C14H13BrF2O3. The summed E-state index contributed by atoms with van der Waals surface area (Å²) in [5.74, 6) is 0.524. The number of carbonyl (C=O) groups excluding carboxylic acids is 1. The lowest BCUT2D eigenvalue weighted by Crippen LogP contribution is -2.45. The molecule has 0 bridgehead atoms. The van der Waals surface area contributed by atoms with Crippen LogP contribution in [0.4, 0.5) is 8.78 Å². The van der Waals surface area contributed by atoms with E-state index in [2.05, 4.69) is 20.7 Å². The first-order valence-electron chi connectivity index (χ1n) is 6.47. The van der Waals surface area contributed by atoms with Crippen LogP contribution in [0.3, 0.4) is 0 Å². The van der Waals surface area contributed by atoms with Gasteiger partial charge < -0.3 is 9.47 Å². The summed E-state index contributed by atoms with van der Waals surface area (Å²) < 4.78 is 35.6. The maximum Gasteiger partial charge on any atom is 0.345 e. The number of halogens is 3. The van der Waals surface area contributed by atoms with E-state index in [1.165, 1.54) is 0 Å². The van der Waals surface area contributed by atoms with Gasteiger partial charge in [0.05, 0.1) is 11.7 Å². The van der Waals surface area contributed by atoms with E-state index in [-0.39, 0.29) is 5.78 Å². The van der Waals surface area contributed by atoms with Crippen molar-refractivity contribution in [1.82, 2.24) is 0 Å². The number of carbonyl (C=O) groups is 1. The number of ether oxygens (including phenoxy) is 2. The molecule has 1 aliphatic heterocycles. The van der Waals surface area contributed by atoms with Gasteiger partial charge in [-0.05, 0) is 43.9 Å². The standard InChI is InChI=1S/C14H13BrF2O3/c15-8-1-2-11-10(7-8)12(18)14(20-11)5-3-9(4-6-14)19-13(16)17/h1-2,7,9,13H,3-6H2. The summed E-state index contributed by atoms with van der Waals surface area (Å²) >= 11 is 3.33. The molecule has 1 spiro atoms. The fourth-order valence-electron chi connectivity index (χ4n) is 2.94. The second kappa shape index (κ2) is 5.07. The Morgan fingerprint density at radius 1 is 1.35 bits per heavy atom. The van der Waals surface area contributed by atoms with Crippen LogP contribution in [0.1, 0.15) is 36.0 Å². The number of alkyl halides is 2. The summed E-state index contributed by atoms with van der Waals surface area (Å²) in [5, 5.41) is 0. The lowest BCUT2D eigenvalue weighted by Gasteiger charge is -2.34. The zero-order valence-corrected chi connectivity index (χ0v) is 12.2. The van der Waals surface area contributed by atoms with Gasteiger partial charge in [-0.15, -0.1) is 0 Å². The van der Waals surface area contributed by atoms with Gasteiger partial charge in [0, 0.05) is 4.47 Å². The van der Waals surface area contributed by atoms with Crippen LogP contribution >= 0.6 is 15.9 Å². The summed E-state index contributed by atoms with van der Waals surface area (Å²) in [4.78, 5) is 12.5. The van der Waals surface area contributed by atoms with E-state index in [4.69, 9.17) is 4.74 Å². The summed E-state index contributed by atoms with van der Waals surface area (Å²) in [5.41, 5.74) is -0.321. The predicted octanol–water partition coefficient (Wildman–Crippen LogP) is 3.94. The van der Waals surface area contributed by atoms with Crippen LogP contribution < -0.4 is 4.74 Å². The number of hydrogen-bond donors (Lipinski definition) is 0. The molecular weight excluding hydrogens is 334 g/mol. The van der Waals surface area contributed by atoms with E-state index >= 15 is 0 Å². The molecule has 3 nitrogen and oxygen atoms in total. The van der Waals surface area contributed by atoms with E-state index in [1.54, 1.807) is 12.1 Å². The number of fused-ring (bicyclic) bond motifs is 1. The molecule has 0 aromatic heterocycles. The largest absolute Gasteiger partial charge is 0.478 e. The smallest absolute Gasteiger partial charge is 0.345 e. The van der Waals surface area contributed by atoms with Gasteiger partial charge >= 0.3 is 6.61 Å². The van der Waals surface area contributed by atoms with Gasteiger partial charge in [0.25, 0.3) is 0 Å². The van der Waals surface area contributed by atoms with Crippen molar-refractivity contribution in [2.45, 2.75) is 44.0 Å². The Balaban J connectivity index is 1.76. The van der Waals surface area contributed by atoms with Crippen LogP contribution in [0.5, 0.6) is 5.75 Å². The van der Waals surface area contributed by atoms with Crippen LogP contribution in [0.25, 0.3) is 0 Å². The normalized spacial score (nSPS) is 28.8. The molecule has 1 aromatic carbocycles. The van der Waals surface area contributed by atoms with Gasteiger partial charge in [0.1, 0.15) is 5.75 Å². The molecule has 0 N–H and O–H groups in total. The van der Waals surface area contributed by atoms with Gasteiger partial charge in [-0.1, -0.05) is 15.9 Å². The average Bonchev–Trinajstić information content (AvgIpc) is 2.66. The maximum absolute atomic E-state index is 12.5. The molecule has 108 valence electrons. The SMILES string of the molecule is O=C1c2cc(Br)ccc2OC12CCC(OC(F)F)CC2. The third kappa shape index (κ3) is 2.35. The first-order chi connectivity index (χ1) is 9.50. The van der Waals surface area contributed by atoms with Crippen LogP contribution in [-0.4, -0.2) is 24.1 Å². The number of benzene rings is 1. The van der Waals surface area contributed by atoms with Gasteiger partial charge in [0.15, 0.2) is 5.60 Å². The third-order valence-electron chi connectivity index (χ3n) is 3.94. The molecule has 0 unspecified atom stereocenters. The first-order valence-corrected chi connectivity index (χ1v) is 7.26. The Morgan fingerprint density at radius 3 is 2.70 bits per heavy atom. The summed E-state index contributed by atoms with van der Waals surface area (Å²) in [7, 11) is 0. The van der Waals surface area contributed by atoms with Gasteiger partial charge in [0.2, 0.25) is 5.78 Å². The Morgan fingerprint density at radius 2 is 2.05 bits per heavy atom. The molecule has 1 saturated carbocycles. The molecule has 20 heavy (non-hydrogen) atoms. The minimum absolute atomic E-state index is 0.0516. The van der Waals surface area contributed by atoms with E-state index in [0.717, 1.165) is 4.47 Å². The number of Topliss-reactive ketones (excluding diaryl/α,β-unsaturated/α-hetero) is 1. The Labute approximate surface area is 123 Å². The van der Waals surface area contributed by atoms with Crippen LogP contribution in [0, 0.1) is 0 Å². The zero-order valence-electron chi connectivity index (χ0n) is 10.6. The molecule has 0 radical (unpaired) electrons. The first kappa shape index (κ1) is 13.9. The number of hydrogen-bond acceptors (Lipinski definition) is 3. The molecule has 1 fully saturated rings. The highest BCUT2D eigenvalue weighted by atomic mass is 79.9. The quantitative estimate of drug-likeness (QED) is 0.813. The van der Waals surface area contributed by atoms with Gasteiger partial charge in [-0.3, -0.25) is 4.79 Å². The van der Waals surface area contributed by atoms with E-state index in [9.17, 15) is 13.6 Å². The fraction of sp³-hybridized carbons (Fsp3) is 0.500. The fourth-order valence-corrected chi connectivity index (χ4v) is 3.30. The average molecular weight is 347 g/mol. The summed E-state index contributed by atoms with van der Waals surface area (Å²) in [6.45, 7) is -2.76. The molecule has 2 aliphatic rings. The highest BCUT2D eigenvalue weighted by molar-refractivity contribution is 9.10. The molecule has 0 atom stereocenters. The predicted molar refractivity (Wildman–Crippen MR) is 71.2 cm³/mol. The number of ketones is 1. The molecule has 3 rings (SSSR count). The van der Waals surface area contributed by atoms with Gasteiger partial charge in [-0.2, -0.15) is 8.78 Å². The second-order valence-electron chi connectivity index (χ2n) is 5.16. The zero-order chi connectivity index (χ0) is 14.3. The Kier molecular flexibility index (Phi) is 3.54. The van der Waals surface area contributed by atoms with E-state index in [0.29, 0.717) is 37.0 Å². The minimum atomic E-state index is -2.76. The Hall–Kier alpha value is -1.01. The van der Waals surface area contributed by atoms with Crippen LogP contribution in [0.15, 0.2) is 22.7 Å². The second-order valence-corrected chi connectivity index (χ2v) is 6.08. The summed E-state index contributed by atoms with van der Waals surface area (Å²) in [6, 6.07) is 5.32. The van der Waals surface area contributed by atoms with Crippen molar-refractivity contribution >= 4 is 21.7 Å². The van der Waals surface area contributed by atoms with Crippen molar-refractivity contribution in [3.05, 3.63) is 28.2 Å². The minimum Gasteiger partial charge on any atom is -0.478 e. The van der Waals surface area contributed by atoms with Crippen molar-refractivity contribution in [3.63, 3.8) is 0 Å². The molecule has 1 heterocycles. The van der Waals surface area contributed by atoms with E-state index in [1.807, 2.05) is 6.07 Å². The highest BCUT2D eigenvalue weighted by Gasteiger charge is 2.50. The Bertz CT molecular complexity index is 539. The van der Waals surface area contributed by atoms with Gasteiger partial charge in [-0.25, -0.2) is 0 Å². The number of rotatable bonds is 2. The molecule has 0 amide bonds. The van der Waals surface area contributed by atoms with Crippen molar-refractivity contribution in [1.29, 1.82) is 0 Å². The van der Waals surface area contributed by atoms with Crippen LogP contribution in [-0.2, 0) is 4.74 Å². The molecule has 0 saturated heterocycles. The monoisotopic (exact) mass is 346 g/mol. The van der Waals surface area contributed by atoms with Crippen molar-refractivity contribution < 1.29 is 23.0 Å². The lowest BCUT2D eigenvalue weighted by atomic mass is 9.79. The highest BCUT2D eigenvalue weighted by Crippen LogP contribution is 2.44. The van der Waals surface area contributed by atoms with Crippen LogP contribution in [0.2, 0.25) is 0 Å². The molecule has 1 aliphatic carbocycles. The molecule has 1 aromatic rings. The summed E-state index contributed by atoms with van der Waals surface area (Å²) in [6.07, 6.45) is 1.15. The third-order valence-corrected chi connectivity index (χ3v) is 4.43. The van der Waals surface area contributed by atoms with E-state index < -0.39 is 18.3 Å². The van der Waals surface area contributed by atoms with Crippen molar-refractivity contribution in [3.8, 4) is 5.75 Å². The maximum atomic E-state index is 12.5. The van der Waals surface area contributed by atoms with Crippen molar-refractivity contribution in [2.24, 2.45) is 0 Å². The topological polar surface area (TPSA) is 35.5 Å². The van der Waals surface area contributed by atoms with Crippen molar-refractivity contribution in [2.75, 3.05) is 0 Å². The molecule has 6 heteroatoms. The lowest BCUT2D eigenvalue weighted by molar-refractivity contribution is -0.175.